The molecular formula is C17H24N4O. The molecule has 0 N–H and O–H groups in total. The van der Waals surface area contributed by atoms with E-state index in [0.717, 1.165) is 38.6 Å². The minimum absolute atomic E-state index is 0.592. The van der Waals surface area contributed by atoms with E-state index in [2.05, 4.69) is 57.3 Å². The highest BCUT2D eigenvalue weighted by Gasteiger charge is 2.22. The number of hydrogen-bond acceptors (Lipinski definition) is 5. The molecule has 1 aliphatic rings. The summed E-state index contributed by atoms with van der Waals surface area (Å²) in [6.07, 6.45) is 1.17. The molecule has 0 saturated carbocycles. The van der Waals surface area contributed by atoms with Gasteiger partial charge in [0.2, 0.25) is 11.8 Å². The Hall–Kier alpha value is -1.72. The molecule has 2 heterocycles. The average Bonchev–Trinajstić information content (AvgIpc) is 2.86. The van der Waals surface area contributed by atoms with Crippen molar-refractivity contribution in [1.82, 2.24) is 20.0 Å². The number of rotatable bonds is 4. The van der Waals surface area contributed by atoms with Crippen molar-refractivity contribution in [3.8, 4) is 0 Å². The molecule has 5 nitrogen and oxygen atoms in total. The van der Waals surface area contributed by atoms with Crippen molar-refractivity contribution in [2.24, 2.45) is 0 Å². The van der Waals surface area contributed by atoms with Crippen molar-refractivity contribution in [3.05, 3.63) is 47.7 Å². The van der Waals surface area contributed by atoms with Crippen molar-refractivity contribution in [1.29, 1.82) is 0 Å². The van der Waals surface area contributed by atoms with Crippen LogP contribution in [0.4, 0.5) is 0 Å². The summed E-state index contributed by atoms with van der Waals surface area (Å²) in [7, 11) is 0. The fourth-order valence-corrected chi connectivity index (χ4v) is 2.96. The molecule has 1 aromatic heterocycles. The van der Waals surface area contributed by atoms with Gasteiger partial charge in [0.25, 0.3) is 0 Å². The van der Waals surface area contributed by atoms with Gasteiger partial charge in [0.15, 0.2) is 0 Å². The fraction of sp³-hybridized carbons (Fsp3) is 0.529. The van der Waals surface area contributed by atoms with E-state index in [-0.39, 0.29) is 0 Å². The van der Waals surface area contributed by atoms with Crippen LogP contribution in [0.15, 0.2) is 34.7 Å². The first kappa shape index (κ1) is 15.2. The van der Waals surface area contributed by atoms with E-state index in [1.807, 2.05) is 6.92 Å². The Morgan fingerprint density at radius 3 is 2.64 bits per heavy atom. The van der Waals surface area contributed by atoms with E-state index in [4.69, 9.17) is 4.42 Å². The van der Waals surface area contributed by atoms with Crippen molar-refractivity contribution in [3.63, 3.8) is 0 Å². The van der Waals surface area contributed by atoms with Gasteiger partial charge in [0.05, 0.1) is 6.54 Å². The predicted molar refractivity (Wildman–Crippen MR) is 85.2 cm³/mol. The molecule has 3 rings (SSSR count). The standard InChI is InChI=1S/C17H24N4O/c1-14-8-9-20(13-17-19-18-15(2)22-17)10-11-21(14)12-16-6-4-3-5-7-16/h3-7,14H,8-13H2,1-2H3. The van der Waals surface area contributed by atoms with Crippen molar-refractivity contribution >= 4 is 0 Å². The minimum Gasteiger partial charge on any atom is -0.424 e. The molecule has 0 radical (unpaired) electrons. The van der Waals surface area contributed by atoms with Crippen LogP contribution >= 0.6 is 0 Å². The maximum absolute atomic E-state index is 5.50. The third-order valence-electron chi connectivity index (χ3n) is 4.35. The molecule has 0 spiro atoms. The molecule has 1 unspecified atom stereocenters. The molecule has 0 aliphatic carbocycles. The fourth-order valence-electron chi connectivity index (χ4n) is 2.96. The number of hydrogen-bond donors (Lipinski definition) is 0. The van der Waals surface area contributed by atoms with E-state index in [1.54, 1.807) is 0 Å². The number of aromatic nitrogens is 2. The van der Waals surface area contributed by atoms with E-state index >= 15 is 0 Å². The summed E-state index contributed by atoms with van der Waals surface area (Å²) in [5.74, 6) is 1.37. The normalized spacial score (nSPS) is 20.9. The average molecular weight is 300 g/mol. The molecular weight excluding hydrogens is 276 g/mol. The largest absolute Gasteiger partial charge is 0.424 e. The molecule has 0 bridgehead atoms. The van der Waals surface area contributed by atoms with Crippen LogP contribution in [0, 0.1) is 6.92 Å². The van der Waals surface area contributed by atoms with Gasteiger partial charge in [-0.25, -0.2) is 0 Å². The van der Waals surface area contributed by atoms with Crippen LogP contribution < -0.4 is 0 Å². The highest BCUT2D eigenvalue weighted by Crippen LogP contribution is 2.16. The van der Waals surface area contributed by atoms with Crippen LogP contribution in [0.25, 0.3) is 0 Å². The second-order valence-electron chi connectivity index (χ2n) is 6.08. The van der Waals surface area contributed by atoms with Gasteiger partial charge in [0, 0.05) is 39.1 Å². The van der Waals surface area contributed by atoms with E-state index in [0.29, 0.717) is 11.9 Å². The van der Waals surface area contributed by atoms with Gasteiger partial charge in [0.1, 0.15) is 0 Å². The number of nitrogens with zero attached hydrogens (tertiary/aromatic N) is 4. The van der Waals surface area contributed by atoms with Crippen LogP contribution in [0.1, 0.15) is 30.7 Å². The van der Waals surface area contributed by atoms with Crippen LogP contribution in [0.2, 0.25) is 0 Å². The highest BCUT2D eigenvalue weighted by atomic mass is 16.4. The van der Waals surface area contributed by atoms with Gasteiger partial charge < -0.3 is 4.42 Å². The van der Waals surface area contributed by atoms with Crippen LogP contribution in [0.3, 0.4) is 0 Å². The maximum Gasteiger partial charge on any atom is 0.230 e. The lowest BCUT2D eigenvalue weighted by Crippen LogP contribution is -2.34. The summed E-state index contributed by atoms with van der Waals surface area (Å²) in [5.41, 5.74) is 1.38. The number of aryl methyl sites for hydroxylation is 1. The lowest BCUT2D eigenvalue weighted by Gasteiger charge is -2.26. The summed E-state index contributed by atoms with van der Waals surface area (Å²) in [5, 5.41) is 8.01. The molecule has 1 fully saturated rings. The summed E-state index contributed by atoms with van der Waals surface area (Å²) in [6, 6.07) is 11.3. The molecule has 22 heavy (non-hydrogen) atoms. The van der Waals surface area contributed by atoms with Crippen LogP contribution in [-0.4, -0.2) is 45.7 Å². The molecule has 0 amide bonds. The zero-order valence-corrected chi connectivity index (χ0v) is 13.4. The Labute approximate surface area is 131 Å². The lowest BCUT2D eigenvalue weighted by molar-refractivity contribution is 0.202. The first-order chi connectivity index (χ1) is 10.7. The first-order valence-electron chi connectivity index (χ1n) is 8.00. The Morgan fingerprint density at radius 2 is 1.91 bits per heavy atom. The quantitative estimate of drug-likeness (QED) is 0.868. The topological polar surface area (TPSA) is 45.4 Å². The summed E-state index contributed by atoms with van der Waals surface area (Å²) < 4.78 is 5.50. The van der Waals surface area contributed by atoms with E-state index < -0.39 is 0 Å². The van der Waals surface area contributed by atoms with Crippen molar-refractivity contribution in [2.45, 2.75) is 39.4 Å². The van der Waals surface area contributed by atoms with Gasteiger partial charge >= 0.3 is 0 Å². The number of benzene rings is 1. The van der Waals surface area contributed by atoms with Gasteiger partial charge in [-0.2, -0.15) is 0 Å². The molecule has 1 atom stereocenters. The molecule has 1 aromatic carbocycles. The Bertz CT molecular complexity index is 583. The molecule has 118 valence electrons. The van der Waals surface area contributed by atoms with Gasteiger partial charge in [-0.1, -0.05) is 30.3 Å². The lowest BCUT2D eigenvalue weighted by atomic mass is 10.1. The molecule has 2 aromatic rings. The van der Waals surface area contributed by atoms with Crippen molar-refractivity contribution < 1.29 is 4.42 Å². The predicted octanol–water partition coefficient (Wildman–Crippen LogP) is 2.47. The molecule has 5 heteroatoms. The van der Waals surface area contributed by atoms with E-state index in [9.17, 15) is 0 Å². The van der Waals surface area contributed by atoms with Gasteiger partial charge in [-0.05, 0) is 18.9 Å². The third kappa shape index (κ3) is 3.93. The SMILES string of the molecule is Cc1nnc(CN2CCC(C)N(Cc3ccccc3)CC2)o1. The highest BCUT2D eigenvalue weighted by molar-refractivity contribution is 5.14. The second kappa shape index (κ2) is 7.03. The summed E-state index contributed by atoms with van der Waals surface area (Å²) in [6.45, 7) is 9.13. The zero-order valence-electron chi connectivity index (χ0n) is 13.4. The molecule has 1 aliphatic heterocycles. The molecule has 1 saturated heterocycles. The summed E-state index contributed by atoms with van der Waals surface area (Å²) in [4.78, 5) is 4.98. The van der Waals surface area contributed by atoms with Gasteiger partial charge in [-0.15, -0.1) is 10.2 Å². The maximum atomic E-state index is 5.50. The third-order valence-corrected chi connectivity index (χ3v) is 4.35. The van der Waals surface area contributed by atoms with Crippen LogP contribution in [-0.2, 0) is 13.1 Å². The smallest absolute Gasteiger partial charge is 0.230 e. The Balaban J connectivity index is 1.58. The first-order valence-corrected chi connectivity index (χ1v) is 8.00. The van der Waals surface area contributed by atoms with Crippen molar-refractivity contribution in [2.75, 3.05) is 19.6 Å². The van der Waals surface area contributed by atoms with Crippen LogP contribution in [0.5, 0.6) is 0 Å². The zero-order chi connectivity index (χ0) is 15.4. The monoisotopic (exact) mass is 300 g/mol. The van der Waals surface area contributed by atoms with Gasteiger partial charge in [-0.3, -0.25) is 9.80 Å². The second-order valence-corrected chi connectivity index (χ2v) is 6.08. The summed E-state index contributed by atoms with van der Waals surface area (Å²) >= 11 is 0. The minimum atomic E-state index is 0.592. The Kier molecular flexibility index (Phi) is 4.85. The van der Waals surface area contributed by atoms with E-state index in [1.165, 1.54) is 12.0 Å². The Morgan fingerprint density at radius 1 is 1.09 bits per heavy atom.